The standard InChI is InChI=1S/C15H26O2/c1-4-6-8-9-10-11-13-15(12-7-5-2)17-14(3)16/h5,7,12,15H,2,4,6,8-11,13H2,1,3H3/b12-7+. The first kappa shape index (κ1) is 16.0. The zero-order valence-corrected chi connectivity index (χ0v) is 11.3. The number of allylic oxidation sites excluding steroid dienone is 2. The predicted molar refractivity (Wildman–Crippen MR) is 72.9 cm³/mol. The van der Waals surface area contributed by atoms with Gasteiger partial charge in [0.1, 0.15) is 6.10 Å². The SMILES string of the molecule is C=C/C=C/C(CCCCCCCC)OC(C)=O. The van der Waals surface area contributed by atoms with Crippen molar-refractivity contribution in [3.8, 4) is 0 Å². The quantitative estimate of drug-likeness (QED) is 0.320. The van der Waals surface area contributed by atoms with Gasteiger partial charge in [-0.2, -0.15) is 0 Å². The Morgan fingerprint density at radius 1 is 1.24 bits per heavy atom. The second-order valence-electron chi connectivity index (χ2n) is 4.32. The van der Waals surface area contributed by atoms with Crippen molar-refractivity contribution in [2.24, 2.45) is 0 Å². The lowest BCUT2D eigenvalue weighted by Crippen LogP contribution is -2.13. The first-order chi connectivity index (χ1) is 8.20. The summed E-state index contributed by atoms with van der Waals surface area (Å²) in [6.07, 6.45) is 13.8. The van der Waals surface area contributed by atoms with Crippen LogP contribution in [0.5, 0.6) is 0 Å². The molecule has 0 amide bonds. The zero-order chi connectivity index (χ0) is 12.9. The van der Waals surface area contributed by atoms with Crippen molar-refractivity contribution < 1.29 is 9.53 Å². The zero-order valence-electron chi connectivity index (χ0n) is 11.3. The van der Waals surface area contributed by atoms with E-state index in [1.807, 2.05) is 12.2 Å². The average molecular weight is 238 g/mol. The van der Waals surface area contributed by atoms with E-state index in [-0.39, 0.29) is 12.1 Å². The fraction of sp³-hybridized carbons (Fsp3) is 0.667. The number of ether oxygens (including phenoxy) is 1. The van der Waals surface area contributed by atoms with Gasteiger partial charge in [0, 0.05) is 6.92 Å². The van der Waals surface area contributed by atoms with Gasteiger partial charge in [-0.25, -0.2) is 0 Å². The van der Waals surface area contributed by atoms with Crippen LogP contribution in [0.25, 0.3) is 0 Å². The Morgan fingerprint density at radius 3 is 2.47 bits per heavy atom. The summed E-state index contributed by atoms with van der Waals surface area (Å²) in [4.78, 5) is 10.9. The third-order valence-corrected chi connectivity index (χ3v) is 2.62. The van der Waals surface area contributed by atoms with E-state index in [9.17, 15) is 4.79 Å². The van der Waals surface area contributed by atoms with E-state index in [1.165, 1.54) is 39.0 Å². The lowest BCUT2D eigenvalue weighted by Gasteiger charge is -2.12. The smallest absolute Gasteiger partial charge is 0.303 e. The summed E-state index contributed by atoms with van der Waals surface area (Å²) in [6, 6.07) is 0. The number of esters is 1. The molecule has 0 aliphatic rings. The van der Waals surface area contributed by atoms with E-state index in [2.05, 4.69) is 13.5 Å². The van der Waals surface area contributed by atoms with E-state index in [4.69, 9.17) is 4.74 Å². The lowest BCUT2D eigenvalue weighted by molar-refractivity contribution is -0.144. The van der Waals surface area contributed by atoms with Gasteiger partial charge in [0.15, 0.2) is 0 Å². The molecule has 0 saturated carbocycles. The second-order valence-corrected chi connectivity index (χ2v) is 4.32. The van der Waals surface area contributed by atoms with Crippen LogP contribution in [0.2, 0.25) is 0 Å². The molecule has 98 valence electrons. The van der Waals surface area contributed by atoms with Crippen molar-refractivity contribution in [2.75, 3.05) is 0 Å². The average Bonchev–Trinajstić information content (AvgIpc) is 2.29. The number of unbranched alkanes of at least 4 members (excludes halogenated alkanes) is 5. The molecule has 0 aromatic carbocycles. The minimum Gasteiger partial charge on any atom is -0.458 e. The lowest BCUT2D eigenvalue weighted by atomic mass is 10.1. The molecule has 2 nitrogen and oxygen atoms in total. The number of carbonyl (C=O) groups is 1. The van der Waals surface area contributed by atoms with Gasteiger partial charge >= 0.3 is 5.97 Å². The molecule has 17 heavy (non-hydrogen) atoms. The van der Waals surface area contributed by atoms with E-state index < -0.39 is 0 Å². The van der Waals surface area contributed by atoms with E-state index >= 15 is 0 Å². The van der Waals surface area contributed by atoms with Gasteiger partial charge in [0.2, 0.25) is 0 Å². The molecule has 0 aliphatic carbocycles. The number of hydrogen-bond donors (Lipinski definition) is 0. The Labute approximate surface area is 106 Å². The van der Waals surface area contributed by atoms with Crippen LogP contribution in [-0.2, 0) is 9.53 Å². The van der Waals surface area contributed by atoms with Crippen LogP contribution in [0.15, 0.2) is 24.8 Å². The number of carbonyl (C=O) groups excluding carboxylic acids is 1. The second kappa shape index (κ2) is 11.4. The van der Waals surface area contributed by atoms with Crippen molar-refractivity contribution in [1.29, 1.82) is 0 Å². The highest BCUT2D eigenvalue weighted by Gasteiger charge is 2.07. The molecule has 0 rings (SSSR count). The molecule has 1 atom stereocenters. The number of rotatable bonds is 10. The van der Waals surface area contributed by atoms with Crippen LogP contribution in [0.3, 0.4) is 0 Å². The Hall–Kier alpha value is -1.05. The maximum atomic E-state index is 10.9. The van der Waals surface area contributed by atoms with Crippen molar-refractivity contribution in [3.63, 3.8) is 0 Å². The van der Waals surface area contributed by atoms with Crippen molar-refractivity contribution in [2.45, 2.75) is 64.9 Å². The summed E-state index contributed by atoms with van der Waals surface area (Å²) in [6.45, 7) is 7.29. The van der Waals surface area contributed by atoms with Gasteiger partial charge in [-0.15, -0.1) is 0 Å². The molecule has 0 aromatic heterocycles. The van der Waals surface area contributed by atoms with Crippen LogP contribution in [-0.4, -0.2) is 12.1 Å². The molecule has 0 spiro atoms. The monoisotopic (exact) mass is 238 g/mol. The highest BCUT2D eigenvalue weighted by Crippen LogP contribution is 2.11. The largest absolute Gasteiger partial charge is 0.458 e. The Morgan fingerprint density at radius 2 is 1.88 bits per heavy atom. The van der Waals surface area contributed by atoms with Crippen molar-refractivity contribution >= 4 is 5.97 Å². The van der Waals surface area contributed by atoms with Crippen molar-refractivity contribution in [3.05, 3.63) is 24.8 Å². The predicted octanol–water partition coefficient (Wildman–Crippen LogP) is 4.41. The fourth-order valence-corrected chi connectivity index (χ4v) is 1.74. The topological polar surface area (TPSA) is 26.3 Å². The van der Waals surface area contributed by atoms with E-state index in [0.717, 1.165) is 12.8 Å². The molecule has 2 heteroatoms. The third-order valence-electron chi connectivity index (χ3n) is 2.62. The van der Waals surface area contributed by atoms with Gasteiger partial charge in [-0.1, -0.05) is 57.8 Å². The molecule has 0 N–H and O–H groups in total. The number of hydrogen-bond acceptors (Lipinski definition) is 2. The highest BCUT2D eigenvalue weighted by molar-refractivity contribution is 5.66. The third kappa shape index (κ3) is 11.2. The molecule has 0 saturated heterocycles. The molecule has 0 aliphatic heterocycles. The van der Waals surface area contributed by atoms with Crippen LogP contribution in [0.1, 0.15) is 58.8 Å². The summed E-state index contributed by atoms with van der Waals surface area (Å²) < 4.78 is 5.21. The summed E-state index contributed by atoms with van der Waals surface area (Å²) in [5.41, 5.74) is 0. The first-order valence-corrected chi connectivity index (χ1v) is 6.67. The molecule has 0 fully saturated rings. The normalized spacial score (nSPS) is 12.6. The Balaban J connectivity index is 3.71. The molecular formula is C15H26O2. The summed E-state index contributed by atoms with van der Waals surface area (Å²) in [5.74, 6) is -0.213. The highest BCUT2D eigenvalue weighted by atomic mass is 16.5. The van der Waals surface area contributed by atoms with Gasteiger partial charge in [0.05, 0.1) is 0 Å². The van der Waals surface area contributed by atoms with Crippen LogP contribution in [0.4, 0.5) is 0 Å². The molecule has 0 radical (unpaired) electrons. The molecule has 0 aromatic rings. The summed E-state index contributed by atoms with van der Waals surface area (Å²) in [5, 5.41) is 0. The summed E-state index contributed by atoms with van der Waals surface area (Å²) >= 11 is 0. The minimum absolute atomic E-state index is 0.0864. The van der Waals surface area contributed by atoms with Gasteiger partial charge < -0.3 is 4.74 Å². The Kier molecular flexibility index (Phi) is 10.7. The van der Waals surface area contributed by atoms with Gasteiger partial charge in [0.25, 0.3) is 0 Å². The van der Waals surface area contributed by atoms with Gasteiger partial charge in [-0.3, -0.25) is 4.79 Å². The van der Waals surface area contributed by atoms with Crippen LogP contribution < -0.4 is 0 Å². The van der Waals surface area contributed by atoms with Gasteiger partial charge in [-0.05, 0) is 18.9 Å². The molecule has 1 unspecified atom stereocenters. The molecular weight excluding hydrogens is 212 g/mol. The molecule has 0 heterocycles. The molecule has 0 bridgehead atoms. The maximum absolute atomic E-state index is 10.9. The van der Waals surface area contributed by atoms with Crippen molar-refractivity contribution in [1.82, 2.24) is 0 Å². The Bertz CT molecular complexity index is 231. The van der Waals surface area contributed by atoms with E-state index in [1.54, 1.807) is 6.08 Å². The van der Waals surface area contributed by atoms with Crippen LogP contribution >= 0.6 is 0 Å². The summed E-state index contributed by atoms with van der Waals surface area (Å²) in [7, 11) is 0. The van der Waals surface area contributed by atoms with Crippen LogP contribution in [0, 0.1) is 0 Å². The first-order valence-electron chi connectivity index (χ1n) is 6.67. The van der Waals surface area contributed by atoms with E-state index in [0.29, 0.717) is 0 Å². The fourth-order valence-electron chi connectivity index (χ4n) is 1.74. The maximum Gasteiger partial charge on any atom is 0.303 e. The minimum atomic E-state index is -0.213.